The molecule has 0 spiro atoms. The molecule has 2 atom stereocenters. The maximum Gasteiger partial charge on any atom is 0.238 e. The standard InChI is InChI=1S/C9H19N3O/c1-7-5-12(4)8(6-11(7)3)9(13)10-2/h7-8H,5-6H2,1-4H3,(H,10,13)/i2+1,4+1,10+1. The van der Waals surface area contributed by atoms with Gasteiger partial charge in [-0.2, -0.15) is 0 Å². The summed E-state index contributed by atoms with van der Waals surface area (Å²) in [4.78, 5) is 15.8. The average Bonchev–Trinajstić information content (AvgIpc) is 2.10. The van der Waals surface area contributed by atoms with Crippen molar-refractivity contribution in [2.45, 2.75) is 19.0 Å². The number of carbonyl (C=O) groups is 1. The summed E-state index contributed by atoms with van der Waals surface area (Å²) in [5.41, 5.74) is 0. The van der Waals surface area contributed by atoms with Crippen LogP contribution in [0.2, 0.25) is 0 Å². The van der Waals surface area contributed by atoms with E-state index >= 15 is 0 Å². The Balaban J connectivity index is 2.61. The van der Waals surface area contributed by atoms with Gasteiger partial charge < -0.3 is 10.2 Å². The number of amides is 1. The van der Waals surface area contributed by atoms with Crippen LogP contribution < -0.4 is 5.32 Å². The van der Waals surface area contributed by atoms with Crippen molar-refractivity contribution in [3.05, 3.63) is 0 Å². The van der Waals surface area contributed by atoms with Gasteiger partial charge in [-0.1, -0.05) is 0 Å². The van der Waals surface area contributed by atoms with Crippen molar-refractivity contribution in [1.29, 1.82) is 0 Å². The number of rotatable bonds is 1. The molecule has 0 radical (unpaired) electrons. The van der Waals surface area contributed by atoms with Crippen molar-refractivity contribution in [2.75, 3.05) is 34.2 Å². The summed E-state index contributed by atoms with van der Waals surface area (Å²) >= 11 is 0. The Morgan fingerprint density at radius 1 is 1.31 bits per heavy atom. The first-order valence-electron chi connectivity index (χ1n) is 4.68. The second-order valence-electron chi connectivity index (χ2n) is 3.86. The van der Waals surface area contributed by atoms with Crippen LogP contribution in [0.3, 0.4) is 0 Å². The van der Waals surface area contributed by atoms with Crippen LogP contribution >= 0.6 is 0 Å². The molecule has 0 aromatic heterocycles. The molecule has 1 aliphatic rings. The summed E-state index contributed by atoms with van der Waals surface area (Å²) in [6.07, 6.45) is 0. The quantitative estimate of drug-likeness (QED) is 0.439. The summed E-state index contributed by atoms with van der Waals surface area (Å²) in [7, 11) is 5.76. The van der Waals surface area contributed by atoms with Gasteiger partial charge in [0.2, 0.25) is 5.91 Å². The lowest BCUT2D eigenvalue weighted by molar-refractivity contribution is -0.128. The molecule has 0 bridgehead atoms. The zero-order valence-corrected chi connectivity index (χ0v) is 8.87. The average molecular weight is 188 g/mol. The number of hydrogen-bond acceptors (Lipinski definition) is 3. The van der Waals surface area contributed by atoms with Gasteiger partial charge in [-0.05, 0) is 21.0 Å². The first-order valence-corrected chi connectivity index (χ1v) is 4.68. The summed E-state index contributed by atoms with van der Waals surface area (Å²) < 4.78 is 0. The second kappa shape index (κ2) is 4.07. The van der Waals surface area contributed by atoms with E-state index in [4.69, 9.17) is 0 Å². The minimum Gasteiger partial charge on any atom is -0.358 e. The van der Waals surface area contributed by atoms with Gasteiger partial charge in [0.1, 0.15) is 6.04 Å². The van der Waals surface area contributed by atoms with Gasteiger partial charge in [-0.25, -0.2) is 0 Å². The lowest BCUT2D eigenvalue weighted by Crippen LogP contribution is -2.59. The molecule has 1 saturated heterocycles. The highest BCUT2D eigenvalue weighted by molar-refractivity contribution is 5.81. The summed E-state index contributed by atoms with van der Waals surface area (Å²) in [5.74, 6) is 0.112. The highest BCUT2D eigenvalue weighted by Gasteiger charge is 2.31. The Hall–Kier alpha value is -0.610. The van der Waals surface area contributed by atoms with Crippen LogP contribution in [0, 0.1) is 0 Å². The Morgan fingerprint density at radius 2 is 1.92 bits per heavy atom. The number of likely N-dealkylation sites (N-methyl/N-ethyl adjacent to an activating group) is 3. The van der Waals surface area contributed by atoms with Crippen LogP contribution in [0.4, 0.5) is 0 Å². The minimum atomic E-state index is 0.00574. The molecule has 1 fully saturated rings. The van der Waals surface area contributed by atoms with E-state index in [9.17, 15) is 4.79 Å². The first-order chi connectivity index (χ1) is 6.06. The fourth-order valence-corrected chi connectivity index (χ4v) is 1.73. The highest BCUT2D eigenvalue weighted by atomic mass is 16.2. The number of piperazine rings is 1. The van der Waals surface area contributed by atoms with Gasteiger partial charge in [0.25, 0.3) is 0 Å². The zero-order chi connectivity index (χ0) is 10.0. The number of nitrogens with one attached hydrogen (secondary N) is 1. The van der Waals surface area contributed by atoms with Crippen molar-refractivity contribution in [2.24, 2.45) is 0 Å². The van der Waals surface area contributed by atoms with Crippen LogP contribution in [0.15, 0.2) is 0 Å². The van der Waals surface area contributed by atoms with Crippen molar-refractivity contribution >= 4 is 5.91 Å². The van der Waals surface area contributed by atoms with Crippen LogP contribution in [0.25, 0.3) is 0 Å². The van der Waals surface area contributed by atoms with E-state index in [0.29, 0.717) is 6.04 Å². The molecule has 0 aromatic carbocycles. The summed E-state index contributed by atoms with van der Waals surface area (Å²) in [6, 6.07) is 0.539. The van der Waals surface area contributed by atoms with E-state index in [1.54, 1.807) is 7.05 Å². The van der Waals surface area contributed by atoms with Crippen molar-refractivity contribution < 1.29 is 4.79 Å². The Morgan fingerprint density at radius 3 is 2.46 bits per heavy atom. The predicted octanol–water partition coefficient (Wildman–Crippen LogP) is -0.633. The molecule has 1 heterocycles. The lowest BCUT2D eigenvalue weighted by atomic mass is 10.1. The molecule has 2 unspecified atom stereocenters. The SMILES string of the molecule is CC1CN([13CH3])C(C(=O)[15NH][13CH3])CN1C. The zero-order valence-electron chi connectivity index (χ0n) is 8.87. The Bertz CT molecular complexity index is 195. The molecule has 13 heavy (non-hydrogen) atoms. The van der Waals surface area contributed by atoms with E-state index in [1.165, 1.54) is 0 Å². The third-order valence-corrected chi connectivity index (χ3v) is 2.85. The van der Waals surface area contributed by atoms with E-state index in [1.807, 2.05) is 7.05 Å². The monoisotopic (exact) mass is 188 g/mol. The Kier molecular flexibility index (Phi) is 3.27. The van der Waals surface area contributed by atoms with E-state index < -0.39 is 0 Å². The van der Waals surface area contributed by atoms with Gasteiger partial charge in [-0.3, -0.25) is 9.69 Å². The van der Waals surface area contributed by atoms with Gasteiger partial charge in [0, 0.05) is 26.2 Å². The van der Waals surface area contributed by atoms with Crippen molar-refractivity contribution in [3.63, 3.8) is 0 Å². The summed E-state index contributed by atoms with van der Waals surface area (Å²) in [6.45, 7) is 3.95. The first kappa shape index (κ1) is 10.5. The van der Waals surface area contributed by atoms with Gasteiger partial charge in [0.05, 0.1) is 0 Å². The topological polar surface area (TPSA) is 35.6 Å². The third-order valence-electron chi connectivity index (χ3n) is 2.85. The van der Waals surface area contributed by atoms with E-state index in [2.05, 4.69) is 29.1 Å². The smallest absolute Gasteiger partial charge is 0.238 e. The van der Waals surface area contributed by atoms with Crippen LogP contribution in [-0.2, 0) is 4.79 Å². The van der Waals surface area contributed by atoms with Crippen LogP contribution in [0.5, 0.6) is 0 Å². The second-order valence-corrected chi connectivity index (χ2v) is 3.86. The van der Waals surface area contributed by atoms with Gasteiger partial charge in [-0.15, -0.1) is 0 Å². The fraction of sp³-hybridized carbons (Fsp3) is 0.889. The molecular weight excluding hydrogens is 169 g/mol. The molecule has 1 amide bonds. The molecule has 0 saturated carbocycles. The molecule has 1 rings (SSSR count). The number of hydrogen-bond donors (Lipinski definition) is 1. The molecule has 1 N–H and O–H groups in total. The maximum atomic E-state index is 11.5. The van der Waals surface area contributed by atoms with Crippen molar-refractivity contribution in [1.82, 2.24) is 15.1 Å². The predicted molar refractivity (Wildman–Crippen MR) is 52.6 cm³/mol. The van der Waals surface area contributed by atoms with E-state index in [0.717, 1.165) is 13.1 Å². The van der Waals surface area contributed by atoms with Gasteiger partial charge >= 0.3 is 0 Å². The molecule has 76 valence electrons. The lowest BCUT2D eigenvalue weighted by Gasteiger charge is -2.40. The molecule has 0 aromatic rings. The fourth-order valence-electron chi connectivity index (χ4n) is 1.73. The highest BCUT2D eigenvalue weighted by Crippen LogP contribution is 2.11. The minimum absolute atomic E-state index is 0.00574. The van der Waals surface area contributed by atoms with Crippen LogP contribution in [0.1, 0.15) is 6.92 Å². The third kappa shape index (κ3) is 2.19. The number of carbonyl (C=O) groups excluding carboxylic acids is 1. The van der Waals surface area contributed by atoms with Crippen molar-refractivity contribution in [3.8, 4) is 0 Å². The molecule has 1 aliphatic heterocycles. The number of nitrogens with zero attached hydrogens (tertiary/aromatic N) is 2. The van der Waals surface area contributed by atoms with E-state index in [-0.39, 0.29) is 11.9 Å². The largest absolute Gasteiger partial charge is 0.358 e. The molecule has 4 heteroatoms. The molecule has 4 nitrogen and oxygen atoms in total. The van der Waals surface area contributed by atoms with Crippen LogP contribution in [-0.4, -0.2) is 62.0 Å². The Labute approximate surface area is 79.9 Å². The van der Waals surface area contributed by atoms with Gasteiger partial charge in [0.15, 0.2) is 0 Å². The summed E-state index contributed by atoms with van der Waals surface area (Å²) in [5, 5.41) is 2.69. The maximum absolute atomic E-state index is 11.5. The molecule has 0 aliphatic carbocycles. The molecular formula is C9H19N3O. The normalized spacial score (nSPS) is 31.7.